The summed E-state index contributed by atoms with van der Waals surface area (Å²) in [4.78, 5) is 23.6. The molecule has 1 aromatic carbocycles. The summed E-state index contributed by atoms with van der Waals surface area (Å²) in [6.45, 7) is 1.76. The first-order chi connectivity index (χ1) is 11.7. The molecule has 0 bridgehead atoms. The van der Waals surface area contributed by atoms with Crippen molar-refractivity contribution >= 4 is 53.5 Å². The fraction of sp³-hybridized carbons (Fsp3) is 0.471. The number of benzene rings is 1. The van der Waals surface area contributed by atoms with E-state index in [0.717, 1.165) is 52.4 Å². The van der Waals surface area contributed by atoms with Gasteiger partial charge in [0.2, 0.25) is 0 Å². The van der Waals surface area contributed by atoms with Gasteiger partial charge in [-0.15, -0.1) is 0 Å². The Hall–Kier alpha value is -1.17. The molecule has 1 fully saturated rings. The van der Waals surface area contributed by atoms with Crippen LogP contribution in [0.5, 0.6) is 0 Å². The van der Waals surface area contributed by atoms with Crippen LogP contribution in [0.4, 0.5) is 5.82 Å². The van der Waals surface area contributed by atoms with Crippen LogP contribution < -0.4 is 5.32 Å². The van der Waals surface area contributed by atoms with E-state index in [-0.39, 0.29) is 11.9 Å². The normalized spacial score (nSPS) is 16.2. The number of rotatable bonds is 5. The van der Waals surface area contributed by atoms with E-state index in [9.17, 15) is 4.79 Å². The van der Waals surface area contributed by atoms with Crippen molar-refractivity contribution in [1.82, 2.24) is 14.9 Å². The Balaban J connectivity index is 1.85. The summed E-state index contributed by atoms with van der Waals surface area (Å²) < 4.78 is 0.978. The molecule has 1 N–H and O–H groups in total. The SMILES string of the molecule is C[Se]C[C@H](Nc1ncnc2ccc(Br)cc12)C(=O)N1CCCCC1. The molecular formula is C17H21BrN4OSe. The predicted molar refractivity (Wildman–Crippen MR) is 102 cm³/mol. The zero-order valence-electron chi connectivity index (χ0n) is 13.7. The summed E-state index contributed by atoms with van der Waals surface area (Å²) in [5, 5.41) is 5.20. The molecule has 1 aromatic heterocycles. The van der Waals surface area contributed by atoms with Gasteiger partial charge in [0.1, 0.15) is 0 Å². The van der Waals surface area contributed by atoms with Gasteiger partial charge in [0.05, 0.1) is 0 Å². The van der Waals surface area contributed by atoms with Crippen LogP contribution in [0.15, 0.2) is 29.0 Å². The summed E-state index contributed by atoms with van der Waals surface area (Å²) in [6, 6.07) is 5.71. The van der Waals surface area contributed by atoms with Gasteiger partial charge in [-0.25, -0.2) is 0 Å². The minimum atomic E-state index is -0.204. The molecule has 128 valence electrons. The van der Waals surface area contributed by atoms with E-state index < -0.39 is 0 Å². The molecule has 0 spiro atoms. The van der Waals surface area contributed by atoms with Crippen LogP contribution in [0, 0.1) is 0 Å². The number of nitrogens with one attached hydrogen (secondary N) is 1. The molecule has 1 aliphatic rings. The van der Waals surface area contributed by atoms with Crippen LogP contribution in [-0.2, 0) is 4.79 Å². The molecule has 0 saturated carbocycles. The number of anilines is 1. The summed E-state index contributed by atoms with van der Waals surface area (Å²) in [7, 11) is 0. The Morgan fingerprint density at radius 1 is 1.33 bits per heavy atom. The molecule has 0 aliphatic carbocycles. The number of carbonyl (C=O) groups excluding carboxylic acids is 1. The molecule has 0 unspecified atom stereocenters. The quantitative estimate of drug-likeness (QED) is 0.702. The van der Waals surface area contributed by atoms with Crippen LogP contribution >= 0.6 is 15.9 Å². The van der Waals surface area contributed by atoms with E-state index in [2.05, 4.69) is 37.0 Å². The zero-order chi connectivity index (χ0) is 16.9. The van der Waals surface area contributed by atoms with Gasteiger partial charge in [0, 0.05) is 0 Å². The maximum absolute atomic E-state index is 12.9. The van der Waals surface area contributed by atoms with Crippen molar-refractivity contribution in [3.8, 4) is 0 Å². The van der Waals surface area contributed by atoms with E-state index in [1.54, 1.807) is 6.33 Å². The first kappa shape index (κ1) is 17.6. The number of piperidine rings is 1. The van der Waals surface area contributed by atoms with E-state index in [0.29, 0.717) is 15.0 Å². The molecule has 1 amide bonds. The molecule has 1 atom stereocenters. The van der Waals surface area contributed by atoms with Crippen molar-refractivity contribution in [3.05, 3.63) is 29.0 Å². The number of aromatic nitrogens is 2. The second kappa shape index (κ2) is 8.28. The van der Waals surface area contributed by atoms with Crippen LogP contribution in [0.2, 0.25) is 11.1 Å². The Morgan fingerprint density at radius 2 is 2.12 bits per heavy atom. The number of carbonyl (C=O) groups is 1. The van der Waals surface area contributed by atoms with Gasteiger partial charge in [0.25, 0.3) is 0 Å². The first-order valence-electron chi connectivity index (χ1n) is 8.13. The second-order valence-electron chi connectivity index (χ2n) is 5.92. The third kappa shape index (κ3) is 4.08. The Bertz CT molecular complexity index is 721. The van der Waals surface area contributed by atoms with Crippen LogP contribution in [-0.4, -0.2) is 54.9 Å². The fourth-order valence-electron chi connectivity index (χ4n) is 2.98. The zero-order valence-corrected chi connectivity index (χ0v) is 17.0. The minimum absolute atomic E-state index is 0.204. The van der Waals surface area contributed by atoms with E-state index >= 15 is 0 Å². The van der Waals surface area contributed by atoms with Crippen molar-refractivity contribution in [2.75, 3.05) is 18.4 Å². The van der Waals surface area contributed by atoms with Crippen molar-refractivity contribution < 1.29 is 4.79 Å². The van der Waals surface area contributed by atoms with E-state index in [4.69, 9.17) is 0 Å². The number of fused-ring (bicyclic) bond motifs is 1. The maximum atomic E-state index is 12.9. The molecular weight excluding hydrogens is 435 g/mol. The molecule has 24 heavy (non-hydrogen) atoms. The number of hydrogen-bond donors (Lipinski definition) is 1. The number of likely N-dealkylation sites (tertiary alicyclic amines) is 1. The van der Waals surface area contributed by atoms with Crippen molar-refractivity contribution in [3.63, 3.8) is 0 Å². The number of nitrogens with zero attached hydrogens (tertiary/aromatic N) is 3. The van der Waals surface area contributed by atoms with Gasteiger partial charge < -0.3 is 0 Å². The third-order valence-corrected chi connectivity index (χ3v) is 6.10. The third-order valence-electron chi connectivity index (χ3n) is 4.21. The van der Waals surface area contributed by atoms with Crippen LogP contribution in [0.3, 0.4) is 0 Å². The molecule has 7 heteroatoms. The van der Waals surface area contributed by atoms with Gasteiger partial charge in [-0.2, -0.15) is 0 Å². The molecule has 3 rings (SSSR count). The van der Waals surface area contributed by atoms with E-state index in [1.807, 2.05) is 23.1 Å². The Kier molecular flexibility index (Phi) is 6.08. The molecule has 2 aromatic rings. The Morgan fingerprint density at radius 3 is 2.88 bits per heavy atom. The van der Waals surface area contributed by atoms with Crippen LogP contribution in [0.25, 0.3) is 10.9 Å². The first-order valence-corrected chi connectivity index (χ1v) is 11.9. The van der Waals surface area contributed by atoms with E-state index in [1.165, 1.54) is 6.42 Å². The molecule has 0 radical (unpaired) electrons. The molecule has 2 heterocycles. The fourth-order valence-corrected chi connectivity index (χ4v) is 4.52. The molecule has 1 saturated heterocycles. The topological polar surface area (TPSA) is 58.1 Å². The average molecular weight is 456 g/mol. The summed E-state index contributed by atoms with van der Waals surface area (Å²) in [6.07, 6.45) is 5.00. The summed E-state index contributed by atoms with van der Waals surface area (Å²) in [5.41, 5.74) is 0.877. The number of amides is 1. The predicted octanol–water partition coefficient (Wildman–Crippen LogP) is 3.36. The summed E-state index contributed by atoms with van der Waals surface area (Å²) >= 11 is 3.91. The van der Waals surface area contributed by atoms with Crippen molar-refractivity contribution in [2.45, 2.75) is 36.4 Å². The van der Waals surface area contributed by atoms with Crippen molar-refractivity contribution in [1.29, 1.82) is 0 Å². The van der Waals surface area contributed by atoms with Crippen molar-refractivity contribution in [2.24, 2.45) is 0 Å². The van der Waals surface area contributed by atoms with Gasteiger partial charge in [0.15, 0.2) is 0 Å². The molecule has 5 nitrogen and oxygen atoms in total. The second-order valence-corrected chi connectivity index (χ2v) is 8.75. The molecule has 1 aliphatic heterocycles. The van der Waals surface area contributed by atoms with Crippen LogP contribution in [0.1, 0.15) is 19.3 Å². The Labute approximate surface area is 156 Å². The average Bonchev–Trinajstić information content (AvgIpc) is 2.62. The van der Waals surface area contributed by atoms with Gasteiger partial charge >= 0.3 is 157 Å². The summed E-state index contributed by atoms with van der Waals surface area (Å²) in [5.74, 6) is 3.11. The number of halogens is 1. The number of hydrogen-bond acceptors (Lipinski definition) is 4. The van der Waals surface area contributed by atoms with Gasteiger partial charge in [-0.1, -0.05) is 0 Å². The standard InChI is InChI=1S/C17H21BrN4OSe/c1-24-10-15(17(23)22-7-3-2-4-8-22)21-16-13-9-12(18)5-6-14(13)19-11-20-16/h5-6,9,11,15H,2-4,7-8,10H2,1H3,(H,19,20,21)/t15-/m0/s1. The monoisotopic (exact) mass is 456 g/mol. The van der Waals surface area contributed by atoms with Gasteiger partial charge in [-0.3, -0.25) is 0 Å². The van der Waals surface area contributed by atoms with Gasteiger partial charge in [-0.05, 0) is 0 Å².